The summed E-state index contributed by atoms with van der Waals surface area (Å²) in [5, 5.41) is 0. The average molecular weight is 200 g/mol. The second-order valence-corrected chi connectivity index (χ2v) is 4.95. The van der Waals surface area contributed by atoms with Gasteiger partial charge in [-0.25, -0.2) is 17.6 Å². The van der Waals surface area contributed by atoms with E-state index in [9.17, 15) is 17.6 Å². The van der Waals surface area contributed by atoms with Gasteiger partial charge >= 0.3 is 0 Å². The van der Waals surface area contributed by atoms with E-state index in [0.717, 1.165) is 0 Å². The summed E-state index contributed by atoms with van der Waals surface area (Å²) in [7, 11) is -3.04. The van der Waals surface area contributed by atoms with Crippen LogP contribution >= 0.6 is 0 Å². The fraction of sp³-hybridized carbons (Fsp3) is 0.600. The average Bonchev–Trinajstić information content (AvgIpc) is 1.85. The minimum absolute atomic E-state index is 0.164. The van der Waals surface area contributed by atoms with Gasteiger partial charge in [-0.2, -0.15) is 0 Å². The molecule has 64 valence electrons. The third kappa shape index (κ3) is 9.71. The van der Waals surface area contributed by atoms with E-state index in [1.165, 1.54) is 0 Å². The van der Waals surface area contributed by atoms with Crippen LogP contribution in [0.2, 0.25) is 6.04 Å². The molecule has 0 saturated carbocycles. The molecule has 0 rings (SSSR count). The molecule has 0 aliphatic heterocycles. The lowest BCUT2D eigenvalue weighted by atomic mass is 10.8. The summed E-state index contributed by atoms with van der Waals surface area (Å²) < 4.78 is 45.8. The van der Waals surface area contributed by atoms with Crippen molar-refractivity contribution in [3.05, 3.63) is 0 Å². The van der Waals surface area contributed by atoms with Gasteiger partial charge in [-0.05, 0) is 0 Å². The van der Waals surface area contributed by atoms with Crippen LogP contribution in [0.15, 0.2) is 0 Å². The first-order valence-electron chi connectivity index (χ1n) is 3.15. The highest BCUT2D eigenvalue weighted by molar-refractivity contribution is 6.47. The van der Waals surface area contributed by atoms with Gasteiger partial charge in [-0.1, -0.05) is 0 Å². The highest BCUT2D eigenvalue weighted by Crippen LogP contribution is 1.91. The third-order valence-corrected chi connectivity index (χ3v) is 2.61. The normalized spacial score (nSPS) is 12.2. The largest absolute Gasteiger partial charge is 0.227 e. The molecule has 0 bridgehead atoms. The van der Waals surface area contributed by atoms with Crippen LogP contribution in [0, 0.1) is 11.5 Å². The van der Waals surface area contributed by atoms with Crippen LogP contribution < -0.4 is 0 Å². The van der Waals surface area contributed by atoms with Crippen LogP contribution in [0.5, 0.6) is 0 Å². The van der Waals surface area contributed by atoms with E-state index in [1.54, 1.807) is 0 Å². The van der Waals surface area contributed by atoms with Gasteiger partial charge in [-0.3, -0.25) is 0 Å². The van der Waals surface area contributed by atoms with E-state index >= 15 is 0 Å². The molecule has 6 heteroatoms. The number of hydrogen-bond acceptors (Lipinski definition) is 0. The van der Waals surface area contributed by atoms with Gasteiger partial charge in [-0.15, -0.1) is 11.5 Å². The molecule has 0 aliphatic carbocycles. The van der Waals surface area contributed by atoms with Crippen LogP contribution in [0.25, 0.3) is 0 Å². The van der Waals surface area contributed by atoms with Crippen molar-refractivity contribution in [1.29, 1.82) is 0 Å². The molecule has 0 radical (unpaired) electrons. The molecule has 0 fully saturated rings. The van der Waals surface area contributed by atoms with E-state index in [2.05, 4.69) is 11.5 Å². The first-order chi connectivity index (χ1) is 5.13. The molecule has 0 amide bonds. The topological polar surface area (TPSA) is 0 Å². The molecular weight excluding hydrogens is 192 g/mol. The SMILES string of the molecule is FC(F)[SiH2]C#CC[SiH2]C(F)F. The van der Waals surface area contributed by atoms with Crippen molar-refractivity contribution < 1.29 is 17.6 Å². The maximum Gasteiger partial charge on any atom is 0.227 e. The third-order valence-electron chi connectivity index (χ3n) is 0.869. The molecule has 0 spiro atoms. The Labute approximate surface area is 67.0 Å². The van der Waals surface area contributed by atoms with Crippen molar-refractivity contribution in [3.63, 3.8) is 0 Å². The van der Waals surface area contributed by atoms with E-state index < -0.39 is 31.1 Å². The Kier molecular flexibility index (Phi) is 6.26. The molecule has 0 atom stereocenters. The number of rotatable bonds is 3. The molecule has 0 aromatic rings. The summed E-state index contributed by atoms with van der Waals surface area (Å²) >= 11 is 0. The Bertz CT molecular complexity index is 148. The first-order valence-corrected chi connectivity index (χ1v) is 6.49. The number of hydrogen-bond donors (Lipinski definition) is 0. The Hall–Kier alpha value is -0.286. The van der Waals surface area contributed by atoms with E-state index in [1.807, 2.05) is 0 Å². The summed E-state index contributed by atoms with van der Waals surface area (Å²) in [6, 6.07) is -4.38. The summed E-state index contributed by atoms with van der Waals surface area (Å²) in [5.74, 6) is 2.36. The highest BCUT2D eigenvalue weighted by atomic mass is 28.2. The molecule has 0 aromatic heterocycles. The van der Waals surface area contributed by atoms with Gasteiger partial charge in [0.1, 0.15) is 9.52 Å². The second kappa shape index (κ2) is 6.43. The van der Waals surface area contributed by atoms with E-state index in [-0.39, 0.29) is 6.04 Å². The molecule has 0 nitrogen and oxygen atoms in total. The summed E-state index contributed by atoms with van der Waals surface area (Å²) in [6.45, 7) is 0. The van der Waals surface area contributed by atoms with Gasteiger partial charge < -0.3 is 0 Å². The van der Waals surface area contributed by atoms with Crippen molar-refractivity contribution in [1.82, 2.24) is 0 Å². The Morgan fingerprint density at radius 3 is 2.18 bits per heavy atom. The van der Waals surface area contributed by atoms with Crippen LogP contribution in [-0.2, 0) is 0 Å². The Morgan fingerprint density at radius 1 is 1.09 bits per heavy atom. The van der Waals surface area contributed by atoms with Crippen molar-refractivity contribution in [2.45, 2.75) is 18.1 Å². The zero-order chi connectivity index (χ0) is 8.69. The lowest BCUT2D eigenvalue weighted by molar-refractivity contribution is 0.238. The van der Waals surface area contributed by atoms with Gasteiger partial charge in [0, 0.05) is 6.04 Å². The van der Waals surface area contributed by atoms with Crippen molar-refractivity contribution in [2.24, 2.45) is 0 Å². The highest BCUT2D eigenvalue weighted by Gasteiger charge is 2.00. The zero-order valence-corrected chi connectivity index (χ0v) is 8.62. The molecule has 11 heavy (non-hydrogen) atoms. The molecule has 0 saturated heterocycles. The summed E-state index contributed by atoms with van der Waals surface area (Å²) in [5.41, 5.74) is 2.28. The molecule has 0 N–H and O–H groups in total. The predicted molar refractivity (Wildman–Crippen MR) is 41.7 cm³/mol. The van der Waals surface area contributed by atoms with E-state index in [0.29, 0.717) is 0 Å². The zero-order valence-electron chi connectivity index (χ0n) is 5.79. The van der Waals surface area contributed by atoms with Gasteiger partial charge in [0.05, 0.1) is 0 Å². The number of alkyl halides is 4. The molecule has 0 aromatic carbocycles. The minimum Gasteiger partial charge on any atom is -0.216 e. The second-order valence-electron chi connectivity index (χ2n) is 1.88. The fourth-order valence-electron chi connectivity index (χ4n) is 0.419. The maximum absolute atomic E-state index is 11.5. The first kappa shape index (κ1) is 10.7. The van der Waals surface area contributed by atoms with Crippen molar-refractivity contribution in [2.75, 3.05) is 0 Å². The monoisotopic (exact) mass is 200 g/mol. The summed E-state index contributed by atoms with van der Waals surface area (Å²) in [6.07, 6.45) is 0. The lowest BCUT2D eigenvalue weighted by Crippen LogP contribution is -2.03. The van der Waals surface area contributed by atoms with Crippen LogP contribution in [0.4, 0.5) is 17.6 Å². The van der Waals surface area contributed by atoms with Crippen molar-refractivity contribution >= 4 is 19.0 Å². The van der Waals surface area contributed by atoms with Gasteiger partial charge in [0.15, 0.2) is 9.52 Å². The quantitative estimate of drug-likeness (QED) is 0.345. The standard InChI is InChI=1S/C5H8F4Si2/c6-4(7)10-2-1-3-11-5(8)9/h4-5H,2,10-11H2. The van der Waals surface area contributed by atoms with Crippen molar-refractivity contribution in [3.8, 4) is 11.5 Å². The lowest BCUT2D eigenvalue weighted by Gasteiger charge is -1.88. The molecule has 0 aliphatic rings. The van der Waals surface area contributed by atoms with Gasteiger partial charge in [0.25, 0.3) is 0 Å². The minimum atomic E-state index is -2.31. The Morgan fingerprint density at radius 2 is 1.73 bits per heavy atom. The van der Waals surface area contributed by atoms with Crippen LogP contribution in [0.3, 0.4) is 0 Å². The maximum atomic E-state index is 11.5. The molecular formula is C5H8F4Si2. The Balaban J connectivity index is 3.26. The fourth-order valence-corrected chi connectivity index (χ4v) is 1.79. The molecule has 0 heterocycles. The van der Waals surface area contributed by atoms with Gasteiger partial charge in [0.2, 0.25) is 12.1 Å². The molecule has 0 unspecified atom stereocenters. The van der Waals surface area contributed by atoms with Crippen LogP contribution in [0.1, 0.15) is 0 Å². The predicted octanol–water partition coefficient (Wildman–Crippen LogP) is 0.148. The summed E-state index contributed by atoms with van der Waals surface area (Å²) in [4.78, 5) is 0. The number of halogens is 4. The smallest absolute Gasteiger partial charge is 0.216 e. The van der Waals surface area contributed by atoms with E-state index in [4.69, 9.17) is 0 Å². The van der Waals surface area contributed by atoms with Crippen LogP contribution in [-0.4, -0.2) is 31.1 Å².